The van der Waals surface area contributed by atoms with Crippen LogP contribution in [0.1, 0.15) is 34.8 Å². The van der Waals surface area contributed by atoms with Crippen LogP contribution in [0.5, 0.6) is 0 Å². The predicted octanol–water partition coefficient (Wildman–Crippen LogP) is 4.28. The molecule has 3 nitrogen and oxygen atoms in total. The van der Waals surface area contributed by atoms with Crippen molar-refractivity contribution < 1.29 is 31.5 Å². The quantitative estimate of drug-likeness (QED) is 0.471. The summed E-state index contributed by atoms with van der Waals surface area (Å²) in [6.45, 7) is 1.35. The fourth-order valence-corrected chi connectivity index (χ4v) is 2.11. The summed E-state index contributed by atoms with van der Waals surface area (Å²) in [7, 11) is 0. The summed E-state index contributed by atoms with van der Waals surface area (Å²) in [5.41, 5.74) is -6.78. The molecule has 1 rings (SSSR count). The highest BCUT2D eigenvalue weighted by molar-refractivity contribution is 8.00. The van der Waals surface area contributed by atoms with Crippen LogP contribution in [-0.2, 0) is 4.74 Å². The number of hydrogen-bond donors (Lipinski definition) is 0. The zero-order chi connectivity index (χ0) is 16.2. The Bertz CT molecular complexity index is 580. The van der Waals surface area contributed by atoms with Crippen molar-refractivity contribution in [1.82, 2.24) is 0 Å². The molecule has 0 saturated carbocycles. The highest BCUT2D eigenvalue weighted by atomic mass is 32.2. The van der Waals surface area contributed by atoms with E-state index in [9.17, 15) is 26.7 Å². The molecule has 0 atom stereocenters. The van der Waals surface area contributed by atoms with E-state index < -0.39 is 51.3 Å². The summed E-state index contributed by atoms with van der Waals surface area (Å²) < 4.78 is 67.4. The molecule has 0 radical (unpaired) electrons. The molecule has 9 heteroatoms. The molecule has 21 heavy (non-hydrogen) atoms. The van der Waals surface area contributed by atoms with Gasteiger partial charge >= 0.3 is 11.5 Å². The van der Waals surface area contributed by atoms with Gasteiger partial charge in [-0.25, -0.2) is 13.6 Å². The second-order valence-electron chi connectivity index (χ2n) is 3.62. The molecule has 0 spiro atoms. The summed E-state index contributed by atoms with van der Waals surface area (Å²) in [4.78, 5) is 10.9. The van der Waals surface area contributed by atoms with Crippen LogP contribution in [-0.4, -0.2) is 18.1 Å². The van der Waals surface area contributed by atoms with Crippen molar-refractivity contribution in [3.05, 3.63) is 28.8 Å². The lowest BCUT2D eigenvalue weighted by atomic mass is 10.0. The number of benzene rings is 1. The molecule has 1 aromatic carbocycles. The molecule has 0 fully saturated rings. The van der Waals surface area contributed by atoms with Gasteiger partial charge in [-0.2, -0.15) is 18.4 Å². The molecule has 0 aromatic heterocycles. The molecule has 114 valence electrons. The van der Waals surface area contributed by atoms with Gasteiger partial charge in [0.15, 0.2) is 0 Å². The van der Waals surface area contributed by atoms with Crippen LogP contribution in [0.4, 0.5) is 22.0 Å². The Labute approximate surface area is 120 Å². The Balaban J connectivity index is 3.42. The molecule has 1 aromatic rings. The summed E-state index contributed by atoms with van der Waals surface area (Å²) in [6.07, 6.45) is -3.18. The minimum atomic E-state index is -4.74. The van der Waals surface area contributed by atoms with Crippen LogP contribution in [0.2, 0.25) is 0 Å². The van der Waals surface area contributed by atoms with E-state index in [-0.39, 0.29) is 6.61 Å². The fourth-order valence-electron chi connectivity index (χ4n) is 1.46. The lowest BCUT2D eigenvalue weighted by molar-refractivity contribution is -0.0328. The van der Waals surface area contributed by atoms with E-state index in [1.165, 1.54) is 13.0 Å². The Morgan fingerprint density at radius 1 is 1.43 bits per heavy atom. The lowest BCUT2D eigenvalue weighted by Gasteiger charge is -2.13. The van der Waals surface area contributed by atoms with E-state index in [1.54, 1.807) is 0 Å². The van der Waals surface area contributed by atoms with Gasteiger partial charge in [-0.3, -0.25) is 0 Å². The number of rotatable bonds is 4. The fraction of sp³-hybridized carbons (Fsp3) is 0.333. The maximum atomic E-state index is 12.9. The Kier molecular flexibility index (Phi) is 5.54. The Hall–Kier alpha value is -1.82. The molecule has 0 heterocycles. The van der Waals surface area contributed by atoms with Gasteiger partial charge in [0, 0.05) is 10.5 Å². The van der Waals surface area contributed by atoms with E-state index in [0.717, 1.165) is 0 Å². The van der Waals surface area contributed by atoms with E-state index in [1.807, 2.05) is 0 Å². The van der Waals surface area contributed by atoms with Gasteiger partial charge in [0.1, 0.15) is 6.07 Å². The SMILES string of the molecule is CCOC(=O)c1cc(C#N)c(SC(F)(F)F)cc1C(F)F. The monoisotopic (exact) mass is 325 g/mol. The Morgan fingerprint density at radius 2 is 2.05 bits per heavy atom. The minimum absolute atomic E-state index is 0.0948. The van der Waals surface area contributed by atoms with Gasteiger partial charge in [-0.15, -0.1) is 0 Å². The average molecular weight is 325 g/mol. The largest absolute Gasteiger partial charge is 0.462 e. The normalized spacial score (nSPS) is 11.3. The number of hydrogen-bond acceptors (Lipinski definition) is 4. The third kappa shape index (κ3) is 4.60. The third-order valence-electron chi connectivity index (χ3n) is 2.23. The Morgan fingerprint density at radius 3 is 2.48 bits per heavy atom. The highest BCUT2D eigenvalue weighted by Crippen LogP contribution is 2.40. The smallest absolute Gasteiger partial charge is 0.446 e. The summed E-state index contributed by atoms with van der Waals surface area (Å²) >= 11 is -0.691. The molecule has 0 aliphatic heterocycles. The van der Waals surface area contributed by atoms with Gasteiger partial charge in [-0.05, 0) is 30.8 Å². The zero-order valence-electron chi connectivity index (χ0n) is 10.5. The molecule has 0 saturated heterocycles. The minimum Gasteiger partial charge on any atom is -0.462 e. The molecule has 0 amide bonds. The van der Waals surface area contributed by atoms with Crippen molar-refractivity contribution >= 4 is 17.7 Å². The number of thioether (sulfide) groups is 1. The van der Waals surface area contributed by atoms with Crippen LogP contribution < -0.4 is 0 Å². The van der Waals surface area contributed by atoms with Gasteiger partial charge in [0.2, 0.25) is 0 Å². The van der Waals surface area contributed by atoms with Crippen LogP contribution in [0.15, 0.2) is 17.0 Å². The van der Waals surface area contributed by atoms with Gasteiger partial charge in [0.05, 0.1) is 17.7 Å². The van der Waals surface area contributed by atoms with Crippen LogP contribution in [0.25, 0.3) is 0 Å². The predicted molar refractivity (Wildman–Crippen MR) is 64.0 cm³/mol. The third-order valence-corrected chi connectivity index (χ3v) is 3.02. The molecule has 0 N–H and O–H groups in total. The topological polar surface area (TPSA) is 50.1 Å². The van der Waals surface area contributed by atoms with Crippen molar-refractivity contribution in [3.8, 4) is 6.07 Å². The van der Waals surface area contributed by atoms with Crippen LogP contribution in [0, 0.1) is 11.3 Å². The van der Waals surface area contributed by atoms with E-state index in [4.69, 9.17) is 5.26 Å². The number of esters is 1. The number of alkyl halides is 5. The van der Waals surface area contributed by atoms with Gasteiger partial charge in [-0.1, -0.05) is 0 Å². The molecule has 0 aliphatic carbocycles. The number of nitriles is 1. The molecule has 0 aliphatic rings. The molecule has 0 unspecified atom stereocenters. The van der Waals surface area contributed by atoms with E-state index in [0.29, 0.717) is 12.1 Å². The number of nitrogens with zero attached hydrogens (tertiary/aromatic N) is 1. The van der Waals surface area contributed by atoms with Crippen molar-refractivity contribution in [3.63, 3.8) is 0 Å². The lowest BCUT2D eigenvalue weighted by Crippen LogP contribution is -2.10. The summed E-state index contributed by atoms with van der Waals surface area (Å²) in [5.74, 6) is -1.12. The van der Waals surface area contributed by atoms with Crippen LogP contribution >= 0.6 is 11.8 Å². The number of ether oxygens (including phenoxy) is 1. The first kappa shape index (κ1) is 17.2. The number of carbonyl (C=O) groups is 1. The van der Waals surface area contributed by atoms with E-state index in [2.05, 4.69) is 4.74 Å². The first-order valence-electron chi connectivity index (χ1n) is 5.48. The second kappa shape index (κ2) is 6.76. The van der Waals surface area contributed by atoms with Crippen molar-refractivity contribution in [2.75, 3.05) is 6.61 Å². The first-order chi connectivity index (χ1) is 9.69. The molecular weight excluding hydrogens is 317 g/mol. The molecule has 0 bridgehead atoms. The van der Waals surface area contributed by atoms with E-state index >= 15 is 0 Å². The van der Waals surface area contributed by atoms with Crippen molar-refractivity contribution in [2.45, 2.75) is 23.8 Å². The van der Waals surface area contributed by atoms with Gasteiger partial charge < -0.3 is 4.74 Å². The standard InChI is InChI=1S/C12H8F5NO2S/c1-2-20-11(19)8-3-6(5-18)9(21-12(15,16)17)4-7(8)10(13)14/h3-4,10H,2H2,1H3. The summed E-state index contributed by atoms with van der Waals surface area (Å²) in [6, 6.07) is 2.63. The summed E-state index contributed by atoms with van der Waals surface area (Å²) in [5, 5.41) is 8.81. The van der Waals surface area contributed by atoms with Gasteiger partial charge in [0.25, 0.3) is 6.43 Å². The average Bonchev–Trinajstić information content (AvgIpc) is 2.36. The molecular formula is C12H8F5NO2S. The number of halogens is 5. The van der Waals surface area contributed by atoms with Crippen molar-refractivity contribution in [1.29, 1.82) is 5.26 Å². The maximum absolute atomic E-state index is 12.9. The number of carbonyl (C=O) groups excluding carboxylic acids is 1. The zero-order valence-corrected chi connectivity index (χ0v) is 11.3. The highest BCUT2D eigenvalue weighted by Gasteiger charge is 2.32. The maximum Gasteiger partial charge on any atom is 0.446 e. The second-order valence-corrected chi connectivity index (χ2v) is 4.72. The first-order valence-corrected chi connectivity index (χ1v) is 6.30. The van der Waals surface area contributed by atoms with Crippen LogP contribution in [0.3, 0.4) is 0 Å². The van der Waals surface area contributed by atoms with Crippen molar-refractivity contribution in [2.24, 2.45) is 0 Å².